The van der Waals surface area contributed by atoms with Crippen LogP contribution in [0.3, 0.4) is 0 Å². The maximum Gasteiger partial charge on any atom is 0.320 e. The standard InChI is InChI=1S/C12H12ClFO2S/c13-9-3-2-8(6-10(9)14)7-12(11(15)16)4-1-5-17-12/h2-3,6H,1,4-5,7H2,(H,15,16). The molecule has 0 saturated carbocycles. The van der Waals surface area contributed by atoms with Gasteiger partial charge in [-0.1, -0.05) is 17.7 Å². The average Bonchev–Trinajstić information content (AvgIpc) is 2.73. The minimum Gasteiger partial charge on any atom is -0.480 e. The molecule has 1 aromatic carbocycles. The van der Waals surface area contributed by atoms with Crippen LogP contribution in [0.25, 0.3) is 0 Å². The summed E-state index contributed by atoms with van der Waals surface area (Å²) < 4.78 is 12.5. The van der Waals surface area contributed by atoms with Gasteiger partial charge >= 0.3 is 5.97 Å². The zero-order chi connectivity index (χ0) is 12.5. The summed E-state index contributed by atoms with van der Waals surface area (Å²) in [6.07, 6.45) is 1.88. The summed E-state index contributed by atoms with van der Waals surface area (Å²) in [6, 6.07) is 4.49. The summed E-state index contributed by atoms with van der Waals surface area (Å²) in [5.41, 5.74) is 0.684. The molecule has 0 aromatic heterocycles. The Morgan fingerprint density at radius 3 is 2.88 bits per heavy atom. The van der Waals surface area contributed by atoms with Crippen LogP contribution in [-0.4, -0.2) is 21.6 Å². The predicted octanol–water partition coefficient (Wildman–Crippen LogP) is 3.37. The van der Waals surface area contributed by atoms with E-state index in [2.05, 4.69) is 0 Å². The first-order valence-electron chi connectivity index (χ1n) is 5.35. The number of halogens is 2. The van der Waals surface area contributed by atoms with Crippen molar-refractivity contribution in [3.8, 4) is 0 Å². The van der Waals surface area contributed by atoms with Crippen LogP contribution in [-0.2, 0) is 11.2 Å². The second-order valence-electron chi connectivity index (χ2n) is 4.18. The lowest BCUT2D eigenvalue weighted by Crippen LogP contribution is -2.34. The van der Waals surface area contributed by atoms with Crippen molar-refractivity contribution in [2.24, 2.45) is 0 Å². The number of carboxylic acids is 1. The molecule has 1 unspecified atom stereocenters. The largest absolute Gasteiger partial charge is 0.480 e. The Hall–Kier alpha value is -0.740. The van der Waals surface area contributed by atoms with Crippen molar-refractivity contribution in [3.05, 3.63) is 34.6 Å². The number of hydrogen-bond donors (Lipinski definition) is 1. The molecule has 1 aliphatic rings. The van der Waals surface area contributed by atoms with Gasteiger partial charge in [0.2, 0.25) is 0 Å². The normalized spacial score (nSPS) is 23.9. The van der Waals surface area contributed by atoms with Crippen molar-refractivity contribution < 1.29 is 14.3 Å². The lowest BCUT2D eigenvalue weighted by Gasteiger charge is -2.22. The quantitative estimate of drug-likeness (QED) is 0.918. The Morgan fingerprint density at radius 1 is 1.59 bits per heavy atom. The summed E-state index contributed by atoms with van der Waals surface area (Å²) in [5, 5.41) is 9.38. The average molecular weight is 275 g/mol. The van der Waals surface area contributed by atoms with Crippen LogP contribution < -0.4 is 0 Å². The second kappa shape index (κ2) is 4.86. The van der Waals surface area contributed by atoms with Gasteiger partial charge in [-0.25, -0.2) is 4.39 Å². The van der Waals surface area contributed by atoms with E-state index in [9.17, 15) is 14.3 Å². The summed E-state index contributed by atoms with van der Waals surface area (Å²) in [7, 11) is 0. The Labute approximate surface area is 108 Å². The molecule has 17 heavy (non-hydrogen) atoms. The fourth-order valence-corrected chi connectivity index (χ4v) is 3.54. The van der Waals surface area contributed by atoms with E-state index in [1.165, 1.54) is 23.9 Å². The van der Waals surface area contributed by atoms with Gasteiger partial charge in [0.05, 0.1) is 5.02 Å². The lowest BCUT2D eigenvalue weighted by atomic mass is 9.94. The van der Waals surface area contributed by atoms with E-state index in [1.54, 1.807) is 6.07 Å². The Morgan fingerprint density at radius 2 is 2.35 bits per heavy atom. The molecule has 92 valence electrons. The number of hydrogen-bond acceptors (Lipinski definition) is 2. The molecule has 2 nitrogen and oxygen atoms in total. The highest BCUT2D eigenvalue weighted by Gasteiger charge is 2.42. The van der Waals surface area contributed by atoms with E-state index in [0.717, 1.165) is 12.2 Å². The van der Waals surface area contributed by atoms with E-state index in [1.807, 2.05) is 0 Å². The van der Waals surface area contributed by atoms with Crippen molar-refractivity contribution in [1.82, 2.24) is 0 Å². The van der Waals surface area contributed by atoms with E-state index >= 15 is 0 Å². The van der Waals surface area contributed by atoms with E-state index in [-0.39, 0.29) is 5.02 Å². The molecule has 0 spiro atoms. The molecule has 1 saturated heterocycles. The van der Waals surface area contributed by atoms with Gasteiger partial charge in [-0.15, -0.1) is 11.8 Å². The first-order valence-corrected chi connectivity index (χ1v) is 6.71. The smallest absolute Gasteiger partial charge is 0.320 e. The minimum atomic E-state index is -0.810. The topological polar surface area (TPSA) is 37.3 Å². The van der Waals surface area contributed by atoms with Crippen molar-refractivity contribution in [1.29, 1.82) is 0 Å². The number of carboxylic acid groups (broad SMARTS) is 1. The molecule has 1 fully saturated rings. The molecule has 1 aliphatic heterocycles. The SMILES string of the molecule is O=C(O)C1(Cc2ccc(Cl)c(F)c2)CCCS1. The van der Waals surface area contributed by atoms with E-state index in [0.29, 0.717) is 18.4 Å². The van der Waals surface area contributed by atoms with Crippen molar-refractivity contribution in [2.75, 3.05) is 5.75 Å². The van der Waals surface area contributed by atoms with Gasteiger partial charge < -0.3 is 5.11 Å². The van der Waals surface area contributed by atoms with Crippen LogP contribution >= 0.6 is 23.4 Å². The van der Waals surface area contributed by atoms with Gasteiger partial charge in [-0.2, -0.15) is 0 Å². The Kier molecular flexibility index (Phi) is 3.64. The molecule has 0 amide bonds. The van der Waals surface area contributed by atoms with Gasteiger partial charge in [0.1, 0.15) is 10.6 Å². The first-order chi connectivity index (χ1) is 8.03. The van der Waals surface area contributed by atoms with Gasteiger partial charge in [-0.05, 0) is 42.7 Å². The van der Waals surface area contributed by atoms with Crippen LogP contribution in [0.2, 0.25) is 5.02 Å². The van der Waals surface area contributed by atoms with E-state index < -0.39 is 16.5 Å². The zero-order valence-corrected chi connectivity index (χ0v) is 10.7. The van der Waals surface area contributed by atoms with E-state index in [4.69, 9.17) is 11.6 Å². The fourth-order valence-electron chi connectivity index (χ4n) is 2.06. The second-order valence-corrected chi connectivity index (χ2v) is 6.06. The van der Waals surface area contributed by atoms with Crippen LogP contribution in [0.4, 0.5) is 4.39 Å². The molecule has 0 bridgehead atoms. The van der Waals surface area contributed by atoms with Crippen LogP contribution in [0.15, 0.2) is 18.2 Å². The fraction of sp³-hybridized carbons (Fsp3) is 0.417. The molecule has 1 heterocycles. The monoisotopic (exact) mass is 274 g/mol. The summed E-state index contributed by atoms with van der Waals surface area (Å²) >= 11 is 7.05. The molecule has 1 aromatic rings. The van der Waals surface area contributed by atoms with Crippen LogP contribution in [0, 0.1) is 5.82 Å². The van der Waals surface area contributed by atoms with Gasteiger partial charge in [0, 0.05) is 0 Å². The van der Waals surface area contributed by atoms with Crippen molar-refractivity contribution >= 4 is 29.3 Å². The molecule has 2 rings (SSSR count). The van der Waals surface area contributed by atoms with Gasteiger partial charge in [0.25, 0.3) is 0 Å². The predicted molar refractivity (Wildman–Crippen MR) is 67.2 cm³/mol. The summed E-state index contributed by atoms with van der Waals surface area (Å²) in [5.74, 6) is -0.453. The summed E-state index contributed by atoms with van der Waals surface area (Å²) in [4.78, 5) is 11.3. The molecular weight excluding hydrogens is 263 g/mol. The third-order valence-electron chi connectivity index (χ3n) is 2.97. The maximum absolute atomic E-state index is 13.3. The molecular formula is C12H12ClFO2S. The number of thioether (sulfide) groups is 1. The lowest BCUT2D eigenvalue weighted by molar-refractivity contribution is -0.139. The Bertz CT molecular complexity index is 444. The first kappa shape index (κ1) is 12.7. The number of aliphatic carboxylic acids is 1. The molecule has 1 atom stereocenters. The maximum atomic E-state index is 13.3. The number of rotatable bonds is 3. The minimum absolute atomic E-state index is 0.0669. The van der Waals surface area contributed by atoms with Crippen LogP contribution in [0.5, 0.6) is 0 Å². The van der Waals surface area contributed by atoms with Crippen molar-refractivity contribution in [2.45, 2.75) is 24.0 Å². The number of benzene rings is 1. The zero-order valence-electron chi connectivity index (χ0n) is 9.08. The number of carbonyl (C=O) groups is 1. The van der Waals surface area contributed by atoms with Crippen molar-refractivity contribution in [3.63, 3.8) is 0 Å². The Balaban J connectivity index is 2.23. The highest BCUT2D eigenvalue weighted by atomic mass is 35.5. The van der Waals surface area contributed by atoms with Gasteiger partial charge in [0.15, 0.2) is 0 Å². The third-order valence-corrected chi connectivity index (χ3v) is 4.84. The third kappa shape index (κ3) is 2.58. The molecule has 0 radical (unpaired) electrons. The highest BCUT2D eigenvalue weighted by molar-refractivity contribution is 8.01. The molecule has 0 aliphatic carbocycles. The molecule has 5 heteroatoms. The highest BCUT2D eigenvalue weighted by Crippen LogP contribution is 2.41. The summed E-state index contributed by atoms with van der Waals surface area (Å²) in [6.45, 7) is 0. The van der Waals surface area contributed by atoms with Gasteiger partial charge in [-0.3, -0.25) is 4.79 Å². The molecule has 1 N–H and O–H groups in total. The van der Waals surface area contributed by atoms with Crippen LogP contribution in [0.1, 0.15) is 18.4 Å².